The summed E-state index contributed by atoms with van der Waals surface area (Å²) in [7, 11) is 0. The third-order valence-electron chi connectivity index (χ3n) is 2.74. The van der Waals surface area contributed by atoms with Gasteiger partial charge >= 0.3 is 6.03 Å². The first kappa shape index (κ1) is 15.3. The molecule has 2 aromatic carbocycles. The van der Waals surface area contributed by atoms with Gasteiger partial charge in [0, 0.05) is 17.2 Å². The first-order valence-corrected chi connectivity index (χ1v) is 7.14. The molecule has 0 unspecified atom stereocenters. The highest BCUT2D eigenvalue weighted by molar-refractivity contribution is 9.10. The van der Waals surface area contributed by atoms with Crippen molar-refractivity contribution < 1.29 is 9.18 Å². The second kappa shape index (κ2) is 7.59. The smallest absolute Gasteiger partial charge is 0.319 e. The van der Waals surface area contributed by atoms with Crippen LogP contribution in [0, 0.1) is 5.82 Å². The van der Waals surface area contributed by atoms with Crippen LogP contribution in [0.2, 0.25) is 0 Å². The number of rotatable bonds is 4. The third-order valence-corrected chi connectivity index (χ3v) is 3.51. The van der Waals surface area contributed by atoms with E-state index in [1.165, 1.54) is 18.3 Å². The predicted molar refractivity (Wildman–Crippen MR) is 84.9 cm³/mol. The summed E-state index contributed by atoms with van der Waals surface area (Å²) in [6.07, 6.45) is 3.10. The van der Waals surface area contributed by atoms with Crippen LogP contribution in [0.4, 0.5) is 9.18 Å². The molecule has 5 heteroatoms. The topological polar surface area (TPSA) is 41.1 Å². The highest BCUT2D eigenvalue weighted by Crippen LogP contribution is 2.15. The van der Waals surface area contributed by atoms with Gasteiger partial charge in [0.1, 0.15) is 5.82 Å². The fourth-order valence-electron chi connectivity index (χ4n) is 1.69. The van der Waals surface area contributed by atoms with Gasteiger partial charge < -0.3 is 10.6 Å². The number of benzene rings is 2. The fourth-order valence-corrected chi connectivity index (χ4v) is 2.12. The van der Waals surface area contributed by atoms with E-state index in [9.17, 15) is 9.18 Å². The molecule has 0 aromatic heterocycles. The van der Waals surface area contributed by atoms with Crippen molar-refractivity contribution in [2.24, 2.45) is 0 Å². The largest absolute Gasteiger partial charge is 0.334 e. The number of carbonyl (C=O) groups is 1. The molecule has 0 saturated heterocycles. The summed E-state index contributed by atoms with van der Waals surface area (Å²) in [6, 6.07) is 13.5. The van der Waals surface area contributed by atoms with E-state index in [2.05, 4.69) is 26.6 Å². The Bertz CT molecular complexity index is 658. The minimum Gasteiger partial charge on any atom is -0.334 e. The second-order valence-corrected chi connectivity index (χ2v) is 5.16. The summed E-state index contributed by atoms with van der Waals surface area (Å²) < 4.78 is 13.9. The normalized spacial score (nSPS) is 10.6. The summed E-state index contributed by atoms with van der Waals surface area (Å²) in [5.41, 5.74) is 1.67. The molecule has 3 nitrogen and oxygen atoms in total. The van der Waals surface area contributed by atoms with Gasteiger partial charge in [-0.05, 0) is 35.4 Å². The van der Waals surface area contributed by atoms with E-state index >= 15 is 0 Å². The van der Waals surface area contributed by atoms with Crippen LogP contribution in [0.1, 0.15) is 11.1 Å². The van der Waals surface area contributed by atoms with E-state index in [0.717, 1.165) is 10.0 Å². The van der Waals surface area contributed by atoms with Crippen LogP contribution in [-0.2, 0) is 6.54 Å². The molecule has 2 aromatic rings. The monoisotopic (exact) mass is 348 g/mol. The van der Waals surface area contributed by atoms with Crippen LogP contribution in [0.3, 0.4) is 0 Å². The Morgan fingerprint density at radius 2 is 2.00 bits per heavy atom. The molecular weight excluding hydrogens is 335 g/mol. The maximum atomic E-state index is 13.0. The lowest BCUT2D eigenvalue weighted by molar-refractivity contribution is 0.244. The van der Waals surface area contributed by atoms with E-state index in [1.807, 2.05) is 24.3 Å². The zero-order chi connectivity index (χ0) is 15.1. The number of hydrogen-bond acceptors (Lipinski definition) is 1. The Labute approximate surface area is 131 Å². The van der Waals surface area contributed by atoms with Crippen molar-refractivity contribution >= 4 is 28.0 Å². The van der Waals surface area contributed by atoms with Gasteiger partial charge in [-0.2, -0.15) is 0 Å². The minimum absolute atomic E-state index is 0.310. The number of carbonyl (C=O) groups excluding carboxylic acids is 1. The first-order chi connectivity index (χ1) is 10.1. The molecule has 21 heavy (non-hydrogen) atoms. The Morgan fingerprint density at radius 1 is 1.19 bits per heavy atom. The Kier molecular flexibility index (Phi) is 5.51. The van der Waals surface area contributed by atoms with E-state index < -0.39 is 0 Å². The summed E-state index contributed by atoms with van der Waals surface area (Å²) >= 11 is 3.42. The summed E-state index contributed by atoms with van der Waals surface area (Å²) in [6.45, 7) is 0.418. The highest BCUT2D eigenvalue weighted by atomic mass is 79.9. The van der Waals surface area contributed by atoms with Crippen molar-refractivity contribution in [1.82, 2.24) is 10.6 Å². The Hall–Kier alpha value is -2.14. The average molecular weight is 349 g/mol. The van der Waals surface area contributed by atoms with Crippen molar-refractivity contribution in [3.63, 3.8) is 0 Å². The molecule has 2 amide bonds. The van der Waals surface area contributed by atoms with Gasteiger partial charge in [0.25, 0.3) is 0 Å². The van der Waals surface area contributed by atoms with E-state index in [-0.39, 0.29) is 11.8 Å². The minimum atomic E-state index is -0.321. The summed E-state index contributed by atoms with van der Waals surface area (Å²) in [5, 5.41) is 5.30. The molecule has 0 spiro atoms. The average Bonchev–Trinajstić information content (AvgIpc) is 2.46. The van der Waals surface area contributed by atoms with Crippen LogP contribution in [-0.4, -0.2) is 6.03 Å². The highest BCUT2D eigenvalue weighted by Gasteiger charge is 2.01. The van der Waals surface area contributed by atoms with Gasteiger partial charge in [-0.15, -0.1) is 0 Å². The van der Waals surface area contributed by atoms with Crippen LogP contribution in [0.25, 0.3) is 6.08 Å². The van der Waals surface area contributed by atoms with E-state index in [1.54, 1.807) is 18.2 Å². The lowest BCUT2D eigenvalue weighted by Gasteiger charge is -2.06. The summed E-state index contributed by atoms with van der Waals surface area (Å²) in [4.78, 5) is 11.6. The van der Waals surface area contributed by atoms with Crippen molar-refractivity contribution in [3.05, 3.63) is 76.1 Å². The number of nitrogens with one attached hydrogen (secondary N) is 2. The maximum Gasteiger partial charge on any atom is 0.319 e. The zero-order valence-electron chi connectivity index (χ0n) is 11.1. The van der Waals surface area contributed by atoms with E-state index in [4.69, 9.17) is 0 Å². The second-order valence-electron chi connectivity index (χ2n) is 4.31. The Morgan fingerprint density at radius 3 is 2.76 bits per heavy atom. The van der Waals surface area contributed by atoms with Gasteiger partial charge in [0.2, 0.25) is 0 Å². The predicted octanol–water partition coefficient (Wildman–Crippen LogP) is 4.06. The van der Waals surface area contributed by atoms with Crippen molar-refractivity contribution in [1.29, 1.82) is 0 Å². The molecule has 0 atom stereocenters. The molecular formula is C16H14BrFN2O. The number of hydrogen-bond donors (Lipinski definition) is 2. The molecule has 2 rings (SSSR count). The van der Waals surface area contributed by atoms with Crippen LogP contribution in [0.15, 0.2) is 59.2 Å². The van der Waals surface area contributed by atoms with Crippen LogP contribution < -0.4 is 10.6 Å². The maximum absolute atomic E-state index is 13.0. The summed E-state index contributed by atoms with van der Waals surface area (Å²) in [5.74, 6) is -0.310. The lowest BCUT2D eigenvalue weighted by atomic mass is 10.2. The number of halogens is 2. The number of amides is 2. The standard InChI is InChI=1S/C16H14BrFN2O/c17-15-7-2-1-5-13(15)11-20-16(21)19-9-8-12-4-3-6-14(18)10-12/h1-10H,11H2,(H2,19,20,21)/b9-8+. The molecule has 108 valence electrons. The third kappa shape index (κ3) is 5.04. The molecule has 0 aliphatic heterocycles. The molecule has 0 aliphatic rings. The van der Waals surface area contributed by atoms with E-state index in [0.29, 0.717) is 12.1 Å². The molecule has 0 bridgehead atoms. The Balaban J connectivity index is 1.81. The molecule has 0 heterocycles. The van der Waals surface area contributed by atoms with Gasteiger partial charge in [0.15, 0.2) is 0 Å². The lowest BCUT2D eigenvalue weighted by Crippen LogP contribution is -2.31. The van der Waals surface area contributed by atoms with Crippen molar-refractivity contribution in [2.75, 3.05) is 0 Å². The molecule has 0 saturated carbocycles. The van der Waals surface area contributed by atoms with Crippen LogP contribution >= 0.6 is 15.9 Å². The fraction of sp³-hybridized carbons (Fsp3) is 0.0625. The first-order valence-electron chi connectivity index (χ1n) is 6.35. The molecule has 0 aliphatic carbocycles. The SMILES string of the molecule is O=C(N/C=C/c1cccc(F)c1)NCc1ccccc1Br. The van der Waals surface area contributed by atoms with Gasteiger partial charge in [-0.3, -0.25) is 0 Å². The molecule has 0 fully saturated rings. The molecule has 0 radical (unpaired) electrons. The quantitative estimate of drug-likeness (QED) is 0.859. The van der Waals surface area contributed by atoms with Gasteiger partial charge in [0.05, 0.1) is 0 Å². The zero-order valence-corrected chi connectivity index (χ0v) is 12.7. The number of urea groups is 1. The van der Waals surface area contributed by atoms with Crippen molar-refractivity contribution in [2.45, 2.75) is 6.54 Å². The van der Waals surface area contributed by atoms with Gasteiger partial charge in [-0.1, -0.05) is 46.3 Å². The van der Waals surface area contributed by atoms with Crippen molar-refractivity contribution in [3.8, 4) is 0 Å². The van der Waals surface area contributed by atoms with Gasteiger partial charge in [-0.25, -0.2) is 9.18 Å². The molecule has 2 N–H and O–H groups in total. The van der Waals surface area contributed by atoms with Crippen LogP contribution in [0.5, 0.6) is 0 Å².